The van der Waals surface area contributed by atoms with E-state index in [-0.39, 0.29) is 29.4 Å². The zero-order chi connectivity index (χ0) is 19.9. The maximum atomic E-state index is 12.1. The van der Waals surface area contributed by atoms with Gasteiger partial charge in [-0.1, -0.05) is 59.8 Å². The van der Waals surface area contributed by atoms with E-state index in [1.807, 2.05) is 42.5 Å². The highest BCUT2D eigenvalue weighted by molar-refractivity contribution is 6.32. The number of carbonyl (C=O) groups excluding carboxylic acids is 1. The van der Waals surface area contributed by atoms with Gasteiger partial charge in [-0.3, -0.25) is 14.9 Å². The number of carbonyl (C=O) groups is 1. The van der Waals surface area contributed by atoms with E-state index >= 15 is 0 Å². The molecule has 0 spiro atoms. The van der Waals surface area contributed by atoms with Gasteiger partial charge in [-0.25, -0.2) is 0 Å². The third-order valence-electron chi connectivity index (χ3n) is 3.92. The minimum Gasteiger partial charge on any atom is -0.480 e. The lowest BCUT2D eigenvalue weighted by Gasteiger charge is -2.06. The molecule has 3 aromatic rings. The molecule has 0 unspecified atom stereocenters. The zero-order valence-electron chi connectivity index (χ0n) is 14.6. The molecule has 1 N–H and O–H groups in total. The molecule has 0 aliphatic carbocycles. The summed E-state index contributed by atoms with van der Waals surface area (Å²) >= 11 is 5.73. The summed E-state index contributed by atoms with van der Waals surface area (Å²) in [6.45, 7) is 0.268. The minimum absolute atomic E-state index is 0.0214. The number of benzene rings is 3. The van der Waals surface area contributed by atoms with Crippen LogP contribution in [-0.2, 0) is 0 Å². The Morgan fingerprint density at radius 2 is 1.89 bits per heavy atom. The number of amides is 1. The molecule has 0 aromatic heterocycles. The highest BCUT2D eigenvalue weighted by Gasteiger charge is 2.15. The molecule has 0 saturated carbocycles. The number of halogens is 1. The molecule has 0 heterocycles. The maximum absolute atomic E-state index is 12.1. The second-order valence-electron chi connectivity index (χ2n) is 5.73. The van der Waals surface area contributed by atoms with Crippen LogP contribution in [0.25, 0.3) is 10.8 Å². The lowest BCUT2D eigenvalue weighted by Crippen LogP contribution is -2.23. The number of rotatable bonds is 5. The number of nitro groups is 1. The topological polar surface area (TPSA) is 81.5 Å². The fourth-order valence-electron chi connectivity index (χ4n) is 2.57. The van der Waals surface area contributed by atoms with E-state index in [9.17, 15) is 14.9 Å². The first-order valence-corrected chi connectivity index (χ1v) is 8.72. The molecule has 6 nitrogen and oxygen atoms in total. The normalized spacial score (nSPS) is 10.0. The SMILES string of the molecule is O=C(NCC#CCOc1cccc2ccccc12)c1ccc(Cl)c([N+](=O)[O-])c1. The summed E-state index contributed by atoms with van der Waals surface area (Å²) < 4.78 is 5.69. The van der Waals surface area contributed by atoms with E-state index in [0.29, 0.717) is 0 Å². The second-order valence-corrected chi connectivity index (χ2v) is 6.13. The second kappa shape index (κ2) is 8.89. The third-order valence-corrected chi connectivity index (χ3v) is 4.24. The van der Waals surface area contributed by atoms with Crippen LogP contribution < -0.4 is 10.1 Å². The molecule has 0 aliphatic heterocycles. The summed E-state index contributed by atoms with van der Waals surface area (Å²) in [6, 6.07) is 17.5. The van der Waals surface area contributed by atoms with Gasteiger partial charge in [0.25, 0.3) is 11.6 Å². The van der Waals surface area contributed by atoms with Gasteiger partial charge in [0, 0.05) is 17.0 Å². The molecule has 0 bridgehead atoms. The van der Waals surface area contributed by atoms with Crippen LogP contribution in [0.2, 0.25) is 5.02 Å². The van der Waals surface area contributed by atoms with Gasteiger partial charge in [0.05, 0.1) is 11.5 Å². The first-order chi connectivity index (χ1) is 13.6. The van der Waals surface area contributed by atoms with Crippen LogP contribution in [0.4, 0.5) is 5.69 Å². The van der Waals surface area contributed by atoms with Crippen LogP contribution >= 0.6 is 11.6 Å². The van der Waals surface area contributed by atoms with E-state index in [1.54, 1.807) is 0 Å². The van der Waals surface area contributed by atoms with Crippen molar-refractivity contribution in [2.45, 2.75) is 0 Å². The number of hydrogen-bond donors (Lipinski definition) is 1. The summed E-state index contributed by atoms with van der Waals surface area (Å²) in [5.41, 5.74) is -0.172. The highest BCUT2D eigenvalue weighted by atomic mass is 35.5. The molecular formula is C21H15ClN2O4. The molecule has 140 valence electrons. The largest absolute Gasteiger partial charge is 0.480 e. The molecule has 1 amide bonds. The fourth-order valence-corrected chi connectivity index (χ4v) is 2.76. The smallest absolute Gasteiger partial charge is 0.288 e. The summed E-state index contributed by atoms with van der Waals surface area (Å²) in [5, 5.41) is 15.5. The van der Waals surface area contributed by atoms with Crippen LogP contribution in [0.1, 0.15) is 10.4 Å². The van der Waals surface area contributed by atoms with Gasteiger partial charge in [0.15, 0.2) is 0 Å². The number of nitrogens with zero attached hydrogens (tertiary/aromatic N) is 1. The number of ether oxygens (including phenoxy) is 1. The number of nitrogens with one attached hydrogen (secondary N) is 1. The average Bonchev–Trinajstić information content (AvgIpc) is 2.70. The Morgan fingerprint density at radius 3 is 2.71 bits per heavy atom. The molecule has 7 heteroatoms. The van der Waals surface area contributed by atoms with Crippen molar-refractivity contribution < 1.29 is 14.5 Å². The van der Waals surface area contributed by atoms with Gasteiger partial charge < -0.3 is 10.1 Å². The van der Waals surface area contributed by atoms with Gasteiger partial charge in [-0.05, 0) is 23.6 Å². The van der Waals surface area contributed by atoms with Gasteiger partial charge in [0.1, 0.15) is 17.4 Å². The Morgan fingerprint density at radius 1 is 1.11 bits per heavy atom. The first kappa shape index (κ1) is 19.2. The van der Waals surface area contributed by atoms with Crippen LogP contribution in [0.15, 0.2) is 60.7 Å². The summed E-state index contributed by atoms with van der Waals surface area (Å²) in [6.07, 6.45) is 0. The predicted molar refractivity (Wildman–Crippen MR) is 108 cm³/mol. The van der Waals surface area contributed by atoms with Gasteiger partial charge in [-0.15, -0.1) is 0 Å². The molecule has 28 heavy (non-hydrogen) atoms. The first-order valence-electron chi connectivity index (χ1n) is 8.34. The Balaban J connectivity index is 1.53. The van der Waals surface area contributed by atoms with Crippen molar-refractivity contribution in [2.24, 2.45) is 0 Å². The Labute approximate surface area is 166 Å². The minimum atomic E-state index is -0.635. The molecule has 0 fully saturated rings. The van der Waals surface area contributed by atoms with E-state index in [1.165, 1.54) is 12.1 Å². The van der Waals surface area contributed by atoms with Crippen molar-refractivity contribution in [3.63, 3.8) is 0 Å². The van der Waals surface area contributed by atoms with Crippen LogP contribution in [0, 0.1) is 22.0 Å². The molecule has 0 atom stereocenters. The third kappa shape index (κ3) is 4.58. The molecule has 0 radical (unpaired) electrons. The van der Waals surface area contributed by atoms with Gasteiger partial charge >= 0.3 is 0 Å². The zero-order valence-corrected chi connectivity index (χ0v) is 15.4. The van der Waals surface area contributed by atoms with Crippen molar-refractivity contribution in [3.8, 4) is 17.6 Å². The van der Waals surface area contributed by atoms with Crippen molar-refractivity contribution in [1.29, 1.82) is 0 Å². The Hall–Kier alpha value is -3.56. The lowest BCUT2D eigenvalue weighted by molar-refractivity contribution is -0.384. The lowest BCUT2D eigenvalue weighted by atomic mass is 10.1. The van der Waals surface area contributed by atoms with Crippen molar-refractivity contribution in [3.05, 3.63) is 81.4 Å². The molecule has 3 rings (SSSR count). The quantitative estimate of drug-likeness (QED) is 0.399. The Kier molecular flexibility index (Phi) is 6.10. The van der Waals surface area contributed by atoms with E-state index in [4.69, 9.17) is 16.3 Å². The summed E-state index contributed by atoms with van der Waals surface area (Å²) in [4.78, 5) is 22.3. The van der Waals surface area contributed by atoms with Crippen molar-refractivity contribution in [2.75, 3.05) is 13.2 Å². The van der Waals surface area contributed by atoms with Gasteiger partial charge in [0.2, 0.25) is 0 Å². The van der Waals surface area contributed by atoms with E-state index < -0.39 is 10.8 Å². The maximum Gasteiger partial charge on any atom is 0.288 e. The van der Waals surface area contributed by atoms with E-state index in [2.05, 4.69) is 17.2 Å². The average molecular weight is 395 g/mol. The van der Waals surface area contributed by atoms with Crippen LogP contribution in [-0.4, -0.2) is 24.0 Å². The summed E-state index contributed by atoms with van der Waals surface area (Å²) in [7, 11) is 0. The summed E-state index contributed by atoms with van der Waals surface area (Å²) in [5.74, 6) is 5.89. The molecule has 3 aromatic carbocycles. The van der Waals surface area contributed by atoms with Crippen molar-refractivity contribution in [1.82, 2.24) is 5.32 Å². The predicted octanol–water partition coefficient (Wildman–Crippen LogP) is 4.21. The van der Waals surface area contributed by atoms with Crippen molar-refractivity contribution >= 4 is 34.0 Å². The molecular weight excluding hydrogens is 380 g/mol. The number of nitro benzene ring substituents is 1. The van der Waals surface area contributed by atoms with E-state index in [0.717, 1.165) is 22.6 Å². The molecule has 0 aliphatic rings. The standard InChI is InChI=1S/C21H15ClN2O4/c22-18-11-10-16(14-19(18)24(26)27)21(25)23-12-3-4-13-28-20-9-5-7-15-6-1-2-8-17(15)20/h1-2,5-11,14H,12-13H2,(H,23,25). The fraction of sp³-hybridized carbons (Fsp3) is 0.0952. The number of hydrogen-bond acceptors (Lipinski definition) is 4. The molecule has 0 saturated heterocycles. The number of fused-ring (bicyclic) bond motifs is 1. The van der Waals surface area contributed by atoms with Crippen LogP contribution in [0.5, 0.6) is 5.75 Å². The van der Waals surface area contributed by atoms with Gasteiger partial charge in [-0.2, -0.15) is 0 Å². The highest BCUT2D eigenvalue weighted by Crippen LogP contribution is 2.25. The monoisotopic (exact) mass is 394 g/mol. The van der Waals surface area contributed by atoms with Crippen LogP contribution in [0.3, 0.4) is 0 Å². The Bertz CT molecular complexity index is 1100.